The van der Waals surface area contributed by atoms with E-state index >= 15 is 0 Å². The average molecular weight is 396 g/mol. The third-order valence-electron chi connectivity index (χ3n) is 5.53. The Bertz CT molecular complexity index is 868. The van der Waals surface area contributed by atoms with Crippen LogP contribution < -0.4 is 20.7 Å². The molecule has 0 aliphatic carbocycles. The Kier molecular flexibility index (Phi) is 6.88. The lowest BCUT2D eigenvalue weighted by Gasteiger charge is -2.29. The maximum Gasteiger partial charge on any atom is 0.247 e. The Balaban J connectivity index is 1.68. The molecule has 6 nitrogen and oxygen atoms in total. The van der Waals surface area contributed by atoms with E-state index in [-0.39, 0.29) is 23.8 Å². The largest absolute Gasteiger partial charge is 0.497 e. The minimum absolute atomic E-state index is 0.000402. The molecule has 1 aliphatic rings. The Morgan fingerprint density at radius 2 is 1.93 bits per heavy atom. The zero-order valence-corrected chi connectivity index (χ0v) is 17.2. The number of methoxy groups -OCH3 is 1. The molecule has 0 fully saturated rings. The monoisotopic (exact) mass is 395 g/mol. The summed E-state index contributed by atoms with van der Waals surface area (Å²) < 4.78 is 5.21. The van der Waals surface area contributed by atoms with Gasteiger partial charge in [-0.3, -0.25) is 9.59 Å². The van der Waals surface area contributed by atoms with Crippen molar-refractivity contribution in [2.75, 3.05) is 12.4 Å². The molecule has 29 heavy (non-hydrogen) atoms. The normalized spacial score (nSPS) is 17.6. The second-order valence-corrected chi connectivity index (χ2v) is 7.50. The molecular weight excluding hydrogens is 366 g/mol. The number of carbonyl (C=O) groups is 2. The second kappa shape index (κ2) is 9.56. The van der Waals surface area contributed by atoms with Gasteiger partial charge in [0.15, 0.2) is 0 Å². The summed E-state index contributed by atoms with van der Waals surface area (Å²) in [5, 5.41) is 9.15. The third-order valence-corrected chi connectivity index (χ3v) is 5.53. The van der Waals surface area contributed by atoms with Gasteiger partial charge in [-0.15, -0.1) is 0 Å². The molecular formula is C23H29N3O3. The summed E-state index contributed by atoms with van der Waals surface area (Å²) >= 11 is 0. The Morgan fingerprint density at radius 1 is 1.17 bits per heavy atom. The lowest BCUT2D eigenvalue weighted by atomic mass is 9.94. The minimum atomic E-state index is -0.613. The molecule has 2 amide bonds. The van der Waals surface area contributed by atoms with Crippen LogP contribution in [0.5, 0.6) is 5.75 Å². The van der Waals surface area contributed by atoms with Crippen LogP contribution in [0.1, 0.15) is 31.4 Å². The van der Waals surface area contributed by atoms with Crippen LogP contribution in [0, 0.1) is 5.92 Å². The topological polar surface area (TPSA) is 79.5 Å². The van der Waals surface area contributed by atoms with Crippen LogP contribution in [-0.4, -0.2) is 31.0 Å². The highest BCUT2D eigenvalue weighted by molar-refractivity contribution is 5.98. The third kappa shape index (κ3) is 5.15. The first-order valence-corrected chi connectivity index (χ1v) is 10.1. The molecule has 1 aliphatic heterocycles. The summed E-state index contributed by atoms with van der Waals surface area (Å²) in [6, 6.07) is 14.3. The van der Waals surface area contributed by atoms with Crippen LogP contribution in [0.4, 0.5) is 5.69 Å². The first kappa shape index (κ1) is 20.9. The molecule has 154 valence electrons. The van der Waals surface area contributed by atoms with E-state index in [9.17, 15) is 9.59 Å². The predicted octanol–water partition coefficient (Wildman–Crippen LogP) is 2.88. The van der Waals surface area contributed by atoms with E-state index in [4.69, 9.17) is 4.74 Å². The van der Waals surface area contributed by atoms with Gasteiger partial charge < -0.3 is 20.7 Å². The molecule has 6 heteroatoms. The van der Waals surface area contributed by atoms with Gasteiger partial charge in [0.05, 0.1) is 13.2 Å². The van der Waals surface area contributed by atoms with Crippen LogP contribution in [0.15, 0.2) is 48.5 Å². The summed E-state index contributed by atoms with van der Waals surface area (Å²) in [6.07, 6.45) is 1.39. The zero-order valence-electron chi connectivity index (χ0n) is 17.2. The first-order chi connectivity index (χ1) is 14.0. The lowest BCUT2D eigenvalue weighted by Crippen LogP contribution is -2.55. The maximum atomic E-state index is 12.9. The Morgan fingerprint density at radius 3 is 2.66 bits per heavy atom. The van der Waals surface area contributed by atoms with Gasteiger partial charge in [0, 0.05) is 18.3 Å². The first-order valence-electron chi connectivity index (χ1n) is 10.1. The van der Waals surface area contributed by atoms with Gasteiger partial charge >= 0.3 is 0 Å². The van der Waals surface area contributed by atoms with Crippen LogP contribution in [0.3, 0.4) is 0 Å². The molecule has 0 saturated carbocycles. The highest BCUT2D eigenvalue weighted by Crippen LogP contribution is 2.19. The molecule has 1 heterocycles. The lowest BCUT2D eigenvalue weighted by molar-refractivity contribution is -0.129. The minimum Gasteiger partial charge on any atom is -0.497 e. The summed E-state index contributed by atoms with van der Waals surface area (Å²) in [7, 11) is 1.58. The molecule has 2 aromatic carbocycles. The van der Waals surface area contributed by atoms with Crippen molar-refractivity contribution in [1.82, 2.24) is 10.6 Å². The number of hydrogen-bond donors (Lipinski definition) is 3. The fourth-order valence-electron chi connectivity index (χ4n) is 3.52. The van der Waals surface area contributed by atoms with E-state index in [0.717, 1.165) is 6.42 Å². The highest BCUT2D eigenvalue weighted by atomic mass is 16.5. The van der Waals surface area contributed by atoms with E-state index in [0.29, 0.717) is 24.4 Å². The van der Waals surface area contributed by atoms with Gasteiger partial charge in [0.25, 0.3) is 0 Å². The van der Waals surface area contributed by atoms with Crippen molar-refractivity contribution in [2.24, 2.45) is 5.92 Å². The SMILES string of the molecule is CC[C@@H](C)[C@@H](NC(=O)[C@@H]1Cc2ccccc2CN1)C(=O)Nc1cccc(OC)c1. The zero-order chi connectivity index (χ0) is 20.8. The number of nitrogens with one attached hydrogen (secondary N) is 3. The van der Waals surface area contributed by atoms with Crippen LogP contribution in [-0.2, 0) is 22.6 Å². The number of fused-ring (bicyclic) bond motifs is 1. The van der Waals surface area contributed by atoms with Gasteiger partial charge in [0.2, 0.25) is 11.8 Å². The van der Waals surface area contributed by atoms with Crippen LogP contribution >= 0.6 is 0 Å². The molecule has 0 saturated heterocycles. The Labute approximate surface area is 172 Å². The summed E-state index contributed by atoms with van der Waals surface area (Å²) in [4.78, 5) is 25.9. The van der Waals surface area contributed by atoms with E-state index < -0.39 is 6.04 Å². The number of amides is 2. The molecule has 0 bridgehead atoms. The number of rotatable bonds is 7. The Hall–Kier alpha value is -2.86. The molecule has 0 unspecified atom stereocenters. The smallest absolute Gasteiger partial charge is 0.247 e. The summed E-state index contributed by atoms with van der Waals surface area (Å²) in [5.74, 6) is 0.292. The van der Waals surface area contributed by atoms with Gasteiger partial charge in [-0.1, -0.05) is 50.6 Å². The van der Waals surface area contributed by atoms with Crippen molar-refractivity contribution in [2.45, 2.75) is 45.3 Å². The van der Waals surface area contributed by atoms with Crippen molar-refractivity contribution < 1.29 is 14.3 Å². The molecule has 3 rings (SSSR count). The number of anilines is 1. The van der Waals surface area contributed by atoms with E-state index in [1.165, 1.54) is 11.1 Å². The fraction of sp³-hybridized carbons (Fsp3) is 0.391. The van der Waals surface area contributed by atoms with Gasteiger partial charge in [-0.2, -0.15) is 0 Å². The molecule has 3 atom stereocenters. The number of benzene rings is 2. The van der Waals surface area contributed by atoms with Crippen molar-refractivity contribution in [3.63, 3.8) is 0 Å². The number of carbonyl (C=O) groups excluding carboxylic acids is 2. The molecule has 2 aromatic rings. The molecule has 0 aromatic heterocycles. The number of ether oxygens (including phenoxy) is 1. The summed E-state index contributed by atoms with van der Waals surface area (Å²) in [5.41, 5.74) is 3.03. The second-order valence-electron chi connectivity index (χ2n) is 7.50. The fourth-order valence-corrected chi connectivity index (χ4v) is 3.52. The van der Waals surface area contributed by atoms with Crippen molar-refractivity contribution in [3.8, 4) is 5.75 Å². The predicted molar refractivity (Wildman–Crippen MR) is 114 cm³/mol. The van der Waals surface area contributed by atoms with Crippen LogP contribution in [0.2, 0.25) is 0 Å². The highest BCUT2D eigenvalue weighted by Gasteiger charge is 2.30. The van der Waals surface area contributed by atoms with Gasteiger partial charge in [-0.25, -0.2) is 0 Å². The van der Waals surface area contributed by atoms with E-state index in [2.05, 4.69) is 28.1 Å². The van der Waals surface area contributed by atoms with Crippen molar-refractivity contribution in [3.05, 3.63) is 59.7 Å². The van der Waals surface area contributed by atoms with Gasteiger partial charge in [0.1, 0.15) is 11.8 Å². The van der Waals surface area contributed by atoms with E-state index in [1.54, 1.807) is 19.2 Å². The standard InChI is InChI=1S/C23H29N3O3/c1-4-15(2)21(23(28)25-18-10-7-11-19(13-18)29-3)26-22(27)20-12-16-8-5-6-9-17(16)14-24-20/h5-11,13,15,20-21,24H,4,12,14H2,1-3H3,(H,25,28)(H,26,27)/t15-,20+,21-/m1/s1. The van der Waals surface area contributed by atoms with Gasteiger partial charge in [-0.05, 0) is 35.6 Å². The van der Waals surface area contributed by atoms with Crippen molar-refractivity contribution >= 4 is 17.5 Å². The van der Waals surface area contributed by atoms with E-state index in [1.807, 2.05) is 38.1 Å². The molecule has 0 spiro atoms. The quantitative estimate of drug-likeness (QED) is 0.674. The van der Waals surface area contributed by atoms with Crippen molar-refractivity contribution in [1.29, 1.82) is 0 Å². The maximum absolute atomic E-state index is 12.9. The number of hydrogen-bond acceptors (Lipinski definition) is 4. The average Bonchev–Trinajstić information content (AvgIpc) is 2.76. The van der Waals surface area contributed by atoms with Crippen LogP contribution in [0.25, 0.3) is 0 Å². The summed E-state index contributed by atoms with van der Waals surface area (Å²) in [6.45, 7) is 4.63. The molecule has 0 radical (unpaired) electrons. The molecule has 3 N–H and O–H groups in total.